The van der Waals surface area contributed by atoms with E-state index in [1.165, 1.54) is 11.3 Å². The van der Waals surface area contributed by atoms with E-state index in [0.717, 1.165) is 34.5 Å². The number of hydrogen-bond donors (Lipinski definition) is 1. The summed E-state index contributed by atoms with van der Waals surface area (Å²) in [6.45, 7) is 2.70. The number of thiophene rings is 1. The molecule has 0 bridgehead atoms. The lowest BCUT2D eigenvalue weighted by atomic mass is 10.1. The van der Waals surface area contributed by atoms with Gasteiger partial charge < -0.3 is 19.5 Å². The Bertz CT molecular complexity index is 948. The molecule has 1 aliphatic heterocycles. The summed E-state index contributed by atoms with van der Waals surface area (Å²) in [5.74, 6) is 1.51. The molecule has 140 valence electrons. The van der Waals surface area contributed by atoms with E-state index in [1.807, 2.05) is 48.5 Å². The fourth-order valence-electron chi connectivity index (χ4n) is 2.94. The van der Waals surface area contributed by atoms with E-state index in [1.54, 1.807) is 7.11 Å². The fraction of sp³-hybridized carbons (Fsp3) is 0.286. The highest BCUT2D eigenvalue weighted by Gasteiger charge is 2.24. The van der Waals surface area contributed by atoms with Crippen LogP contribution in [0.1, 0.15) is 15.2 Å². The fourth-order valence-corrected chi connectivity index (χ4v) is 3.98. The van der Waals surface area contributed by atoms with Gasteiger partial charge in [0.1, 0.15) is 12.4 Å². The van der Waals surface area contributed by atoms with Gasteiger partial charge >= 0.3 is 5.97 Å². The highest BCUT2D eigenvalue weighted by Crippen LogP contribution is 2.38. The van der Waals surface area contributed by atoms with Crippen molar-refractivity contribution in [2.24, 2.45) is 5.92 Å². The summed E-state index contributed by atoms with van der Waals surface area (Å²) >= 11 is 1.41. The monoisotopic (exact) mass is 383 g/mol. The number of carbonyl (C=O) groups is 1. The van der Waals surface area contributed by atoms with Gasteiger partial charge in [0.05, 0.1) is 13.7 Å². The molecule has 0 amide bonds. The quantitative estimate of drug-likeness (QED) is 0.628. The van der Waals surface area contributed by atoms with Crippen molar-refractivity contribution in [1.29, 1.82) is 0 Å². The molecule has 1 aromatic heterocycles. The van der Waals surface area contributed by atoms with Crippen LogP contribution in [-0.4, -0.2) is 32.8 Å². The van der Waals surface area contributed by atoms with E-state index >= 15 is 0 Å². The maximum absolute atomic E-state index is 12.8. The Kier molecular flexibility index (Phi) is 5.27. The van der Waals surface area contributed by atoms with Crippen molar-refractivity contribution in [3.8, 4) is 11.5 Å². The van der Waals surface area contributed by atoms with Crippen LogP contribution in [0.25, 0.3) is 10.1 Å². The Morgan fingerprint density at radius 1 is 1.19 bits per heavy atom. The first kappa shape index (κ1) is 17.8. The molecule has 3 aromatic rings. The lowest BCUT2D eigenvalue weighted by Crippen LogP contribution is -2.45. The average molecular weight is 383 g/mol. The SMILES string of the molecule is COc1cccc(COC(=O)c2sc3ccccc3c2OCC2CNC2)c1. The molecule has 5 nitrogen and oxygen atoms in total. The van der Waals surface area contributed by atoms with Crippen LogP contribution >= 0.6 is 11.3 Å². The lowest BCUT2D eigenvalue weighted by molar-refractivity contribution is 0.0473. The highest BCUT2D eigenvalue weighted by atomic mass is 32.1. The number of methoxy groups -OCH3 is 1. The topological polar surface area (TPSA) is 56.8 Å². The van der Waals surface area contributed by atoms with Gasteiger partial charge in [-0.05, 0) is 29.8 Å². The van der Waals surface area contributed by atoms with Gasteiger partial charge in [-0.2, -0.15) is 0 Å². The summed E-state index contributed by atoms with van der Waals surface area (Å²) < 4.78 is 17.8. The molecule has 1 N–H and O–H groups in total. The van der Waals surface area contributed by atoms with Crippen molar-refractivity contribution < 1.29 is 19.0 Å². The molecule has 27 heavy (non-hydrogen) atoms. The number of nitrogens with one attached hydrogen (secondary N) is 1. The number of benzene rings is 2. The van der Waals surface area contributed by atoms with Gasteiger partial charge in [-0.1, -0.05) is 24.3 Å². The second kappa shape index (κ2) is 7.98. The van der Waals surface area contributed by atoms with E-state index in [2.05, 4.69) is 5.32 Å². The number of rotatable bonds is 7. The van der Waals surface area contributed by atoms with Crippen LogP contribution in [0.4, 0.5) is 0 Å². The molecule has 0 aliphatic carbocycles. The second-order valence-electron chi connectivity index (χ2n) is 6.52. The summed E-state index contributed by atoms with van der Waals surface area (Å²) in [5.41, 5.74) is 0.881. The number of fused-ring (bicyclic) bond motifs is 1. The van der Waals surface area contributed by atoms with E-state index in [9.17, 15) is 4.79 Å². The molecular formula is C21H21NO4S. The van der Waals surface area contributed by atoms with Gasteiger partial charge in [0.2, 0.25) is 0 Å². The number of carbonyl (C=O) groups excluding carboxylic acids is 1. The number of ether oxygens (including phenoxy) is 3. The molecule has 2 aromatic carbocycles. The Balaban J connectivity index is 1.52. The van der Waals surface area contributed by atoms with Crippen molar-refractivity contribution in [2.45, 2.75) is 6.61 Å². The Labute approximate surface area is 161 Å². The van der Waals surface area contributed by atoms with Crippen molar-refractivity contribution in [3.63, 3.8) is 0 Å². The van der Waals surface area contributed by atoms with Crippen molar-refractivity contribution >= 4 is 27.4 Å². The predicted molar refractivity (Wildman–Crippen MR) is 106 cm³/mol. The molecule has 0 radical (unpaired) electrons. The highest BCUT2D eigenvalue weighted by molar-refractivity contribution is 7.21. The van der Waals surface area contributed by atoms with Gasteiger partial charge in [0.15, 0.2) is 10.6 Å². The number of hydrogen-bond acceptors (Lipinski definition) is 6. The zero-order valence-electron chi connectivity index (χ0n) is 15.1. The molecule has 2 heterocycles. The van der Waals surface area contributed by atoms with Crippen LogP contribution in [-0.2, 0) is 11.3 Å². The van der Waals surface area contributed by atoms with Crippen molar-refractivity contribution in [3.05, 3.63) is 59.0 Å². The molecule has 1 fully saturated rings. The van der Waals surface area contributed by atoms with Crippen LogP contribution in [0.3, 0.4) is 0 Å². The number of esters is 1. The van der Waals surface area contributed by atoms with E-state index in [0.29, 0.717) is 23.2 Å². The maximum atomic E-state index is 12.8. The minimum absolute atomic E-state index is 0.191. The van der Waals surface area contributed by atoms with Gasteiger partial charge in [0, 0.05) is 29.1 Å². The largest absolute Gasteiger partial charge is 0.497 e. The predicted octanol–water partition coefficient (Wildman–Crippen LogP) is 3.87. The molecule has 0 atom stereocenters. The smallest absolute Gasteiger partial charge is 0.352 e. The molecular weight excluding hydrogens is 362 g/mol. The average Bonchev–Trinajstić information content (AvgIpc) is 3.04. The first-order chi connectivity index (χ1) is 13.2. The van der Waals surface area contributed by atoms with Gasteiger partial charge in [-0.25, -0.2) is 4.79 Å². The third-order valence-electron chi connectivity index (χ3n) is 4.57. The third kappa shape index (κ3) is 3.91. The normalized spacial score (nSPS) is 14.0. The van der Waals surface area contributed by atoms with Crippen LogP contribution in [0.15, 0.2) is 48.5 Å². The summed E-state index contributed by atoms with van der Waals surface area (Å²) in [4.78, 5) is 13.3. The molecule has 6 heteroatoms. The second-order valence-corrected chi connectivity index (χ2v) is 7.57. The van der Waals surface area contributed by atoms with Crippen LogP contribution in [0.2, 0.25) is 0 Å². The van der Waals surface area contributed by atoms with Crippen molar-refractivity contribution in [1.82, 2.24) is 5.32 Å². The van der Waals surface area contributed by atoms with E-state index in [4.69, 9.17) is 14.2 Å². The van der Waals surface area contributed by atoms with Gasteiger partial charge in [0.25, 0.3) is 0 Å². The van der Waals surface area contributed by atoms with Crippen LogP contribution in [0.5, 0.6) is 11.5 Å². The minimum atomic E-state index is -0.360. The summed E-state index contributed by atoms with van der Waals surface area (Å²) in [6, 6.07) is 15.4. The lowest BCUT2D eigenvalue weighted by Gasteiger charge is -2.26. The first-order valence-corrected chi connectivity index (χ1v) is 9.71. The zero-order chi connectivity index (χ0) is 18.6. The third-order valence-corrected chi connectivity index (χ3v) is 5.70. The summed E-state index contributed by atoms with van der Waals surface area (Å²) in [6.07, 6.45) is 0. The molecule has 0 saturated carbocycles. The molecule has 0 spiro atoms. The van der Waals surface area contributed by atoms with Crippen LogP contribution in [0, 0.1) is 5.92 Å². The van der Waals surface area contributed by atoms with Gasteiger partial charge in [-0.15, -0.1) is 11.3 Å². The zero-order valence-corrected chi connectivity index (χ0v) is 15.9. The Morgan fingerprint density at radius 3 is 2.81 bits per heavy atom. The van der Waals surface area contributed by atoms with Crippen LogP contribution < -0.4 is 14.8 Å². The van der Waals surface area contributed by atoms with Crippen molar-refractivity contribution in [2.75, 3.05) is 26.8 Å². The molecule has 1 saturated heterocycles. The molecule has 4 rings (SSSR count). The van der Waals surface area contributed by atoms with E-state index < -0.39 is 0 Å². The van der Waals surface area contributed by atoms with E-state index in [-0.39, 0.29) is 12.6 Å². The van der Waals surface area contributed by atoms with Gasteiger partial charge in [-0.3, -0.25) is 0 Å². The Morgan fingerprint density at radius 2 is 2.04 bits per heavy atom. The minimum Gasteiger partial charge on any atom is -0.497 e. The standard InChI is InChI=1S/C21H21NO4S/c1-24-16-6-4-5-14(9-16)12-26-21(23)20-19(25-13-15-10-22-11-15)17-7-2-3-8-18(17)27-20/h2-9,15,22H,10-13H2,1H3. The summed E-state index contributed by atoms with van der Waals surface area (Å²) in [7, 11) is 1.61. The molecule has 1 aliphatic rings. The first-order valence-electron chi connectivity index (χ1n) is 8.89. The Hall–Kier alpha value is -2.57. The molecule has 0 unspecified atom stereocenters. The maximum Gasteiger partial charge on any atom is 0.352 e. The summed E-state index contributed by atoms with van der Waals surface area (Å²) in [5, 5.41) is 4.20.